The van der Waals surface area contributed by atoms with Gasteiger partial charge in [0.2, 0.25) is 17.2 Å². The molecule has 0 heterocycles. The van der Waals surface area contributed by atoms with Crippen LogP contribution in [-0.2, 0) is 0 Å². The summed E-state index contributed by atoms with van der Waals surface area (Å²) in [5.74, 6) is -2.73. The summed E-state index contributed by atoms with van der Waals surface area (Å²) in [6, 6.07) is 7.55. The number of para-hydroxylation sites is 3. The first kappa shape index (κ1) is 28.5. The van der Waals surface area contributed by atoms with Crippen LogP contribution < -0.4 is 13.6 Å². The first-order valence-electron chi connectivity index (χ1n) is 9.92. The number of nitro groups is 6. The molecule has 3 rings (SSSR count). The standard InChI is InChI=1S/C18H9N6O15P/c25-19(26)10-4-1-7-13(16(10)22(31)32)37-40(38-14-8-2-5-11(20(27)28)17(14)23(33)34)39-15-9-3-6-12(21(29)30)18(15)24(35)36/h1-9H. The summed E-state index contributed by atoms with van der Waals surface area (Å²) in [5.41, 5.74) is -6.93. The maximum absolute atomic E-state index is 11.6. The van der Waals surface area contributed by atoms with Crippen molar-refractivity contribution in [3.8, 4) is 17.2 Å². The quantitative estimate of drug-likeness (QED) is 0.156. The monoisotopic (exact) mass is 580 g/mol. The summed E-state index contributed by atoms with van der Waals surface area (Å²) < 4.78 is 15.8. The number of hydrogen-bond donors (Lipinski definition) is 0. The minimum absolute atomic E-state index is 0.742. The van der Waals surface area contributed by atoms with Gasteiger partial charge in [-0.05, 0) is 18.2 Å². The van der Waals surface area contributed by atoms with Crippen molar-refractivity contribution in [1.82, 2.24) is 0 Å². The van der Waals surface area contributed by atoms with Gasteiger partial charge in [-0.15, -0.1) is 0 Å². The summed E-state index contributed by atoms with van der Waals surface area (Å²) >= 11 is 0. The first-order chi connectivity index (χ1) is 18.8. The van der Waals surface area contributed by atoms with Crippen LogP contribution in [0.25, 0.3) is 0 Å². The van der Waals surface area contributed by atoms with Gasteiger partial charge in [0.05, 0.1) is 29.5 Å². The second-order valence-electron chi connectivity index (χ2n) is 6.91. The molecule has 0 radical (unpaired) electrons. The highest BCUT2D eigenvalue weighted by Gasteiger charge is 2.38. The smallest absolute Gasteiger partial charge is 0.401 e. The highest BCUT2D eigenvalue weighted by atomic mass is 31.2. The fraction of sp³-hybridized carbons (Fsp3) is 0. The molecule has 0 saturated heterocycles. The summed E-state index contributed by atoms with van der Waals surface area (Å²) in [5, 5.41) is 68.7. The number of rotatable bonds is 12. The van der Waals surface area contributed by atoms with Crippen LogP contribution in [0.3, 0.4) is 0 Å². The van der Waals surface area contributed by atoms with Crippen molar-refractivity contribution in [2.75, 3.05) is 0 Å². The van der Waals surface area contributed by atoms with Crippen LogP contribution >= 0.6 is 8.60 Å². The van der Waals surface area contributed by atoms with Crippen molar-refractivity contribution in [2.45, 2.75) is 0 Å². The van der Waals surface area contributed by atoms with Crippen molar-refractivity contribution >= 4 is 42.7 Å². The lowest BCUT2D eigenvalue weighted by Gasteiger charge is -2.17. The Labute approximate surface area is 219 Å². The van der Waals surface area contributed by atoms with Crippen LogP contribution in [0.1, 0.15) is 0 Å². The lowest BCUT2D eigenvalue weighted by molar-refractivity contribution is -0.423. The Balaban J connectivity index is 2.22. The second-order valence-corrected chi connectivity index (χ2v) is 7.91. The largest absolute Gasteiger partial charge is 0.531 e. The molecular formula is C18H9N6O15P. The molecule has 0 aliphatic rings. The zero-order chi connectivity index (χ0) is 29.7. The molecule has 0 aromatic heterocycles. The predicted molar refractivity (Wildman–Crippen MR) is 128 cm³/mol. The number of benzene rings is 3. The molecule has 0 N–H and O–H groups in total. The van der Waals surface area contributed by atoms with Crippen LogP contribution in [0.5, 0.6) is 17.2 Å². The minimum atomic E-state index is -3.39. The molecule has 0 bridgehead atoms. The molecule has 0 spiro atoms. The molecular weight excluding hydrogens is 571 g/mol. The van der Waals surface area contributed by atoms with Gasteiger partial charge in [0.1, 0.15) is 0 Å². The normalized spacial score (nSPS) is 10.4. The van der Waals surface area contributed by atoms with Gasteiger partial charge in [-0.25, -0.2) is 0 Å². The lowest BCUT2D eigenvalue weighted by atomic mass is 10.2. The van der Waals surface area contributed by atoms with Crippen LogP contribution in [0.2, 0.25) is 0 Å². The maximum Gasteiger partial charge on any atom is 0.531 e. The molecule has 0 fully saturated rings. The minimum Gasteiger partial charge on any atom is -0.401 e. The van der Waals surface area contributed by atoms with Gasteiger partial charge in [-0.1, -0.05) is 18.2 Å². The van der Waals surface area contributed by atoms with Gasteiger partial charge in [-0.2, -0.15) is 0 Å². The van der Waals surface area contributed by atoms with Crippen LogP contribution in [-0.4, -0.2) is 29.5 Å². The van der Waals surface area contributed by atoms with E-state index in [-0.39, 0.29) is 0 Å². The van der Waals surface area contributed by atoms with Crippen molar-refractivity contribution in [2.24, 2.45) is 0 Å². The Hall–Kier alpha value is -6.11. The van der Waals surface area contributed by atoms with Crippen molar-refractivity contribution in [1.29, 1.82) is 0 Å². The molecule has 3 aromatic rings. The molecule has 206 valence electrons. The van der Waals surface area contributed by atoms with E-state index in [1.807, 2.05) is 0 Å². The molecule has 0 saturated carbocycles. The first-order valence-corrected chi connectivity index (χ1v) is 11.0. The Bertz CT molecular complexity index is 1400. The Morgan fingerprint density at radius 1 is 0.425 bits per heavy atom. The van der Waals surface area contributed by atoms with Gasteiger partial charge in [0, 0.05) is 18.2 Å². The van der Waals surface area contributed by atoms with Crippen LogP contribution in [0.15, 0.2) is 54.6 Å². The van der Waals surface area contributed by atoms with E-state index < -0.39 is 89.5 Å². The lowest BCUT2D eigenvalue weighted by Crippen LogP contribution is -2.08. The van der Waals surface area contributed by atoms with E-state index in [0.29, 0.717) is 0 Å². The van der Waals surface area contributed by atoms with Crippen molar-refractivity contribution < 1.29 is 43.1 Å². The Kier molecular flexibility index (Phi) is 8.19. The summed E-state index contributed by atoms with van der Waals surface area (Å²) in [6.07, 6.45) is 0. The third kappa shape index (κ3) is 5.89. The van der Waals surface area contributed by atoms with E-state index in [0.717, 1.165) is 54.6 Å². The fourth-order valence-corrected chi connectivity index (χ4v) is 4.08. The van der Waals surface area contributed by atoms with Gasteiger partial charge in [-0.3, -0.25) is 60.7 Å². The van der Waals surface area contributed by atoms with E-state index in [1.165, 1.54) is 0 Å². The highest BCUT2D eigenvalue weighted by Crippen LogP contribution is 2.51. The topological polar surface area (TPSA) is 287 Å². The van der Waals surface area contributed by atoms with Crippen molar-refractivity contribution in [3.63, 3.8) is 0 Å². The van der Waals surface area contributed by atoms with E-state index in [9.17, 15) is 60.7 Å². The molecule has 21 nitrogen and oxygen atoms in total. The number of nitro benzene ring substituents is 6. The zero-order valence-corrected chi connectivity index (χ0v) is 19.8. The second kappa shape index (κ2) is 11.5. The Morgan fingerprint density at radius 2 is 0.675 bits per heavy atom. The number of hydrogen-bond acceptors (Lipinski definition) is 15. The third-order valence-electron chi connectivity index (χ3n) is 4.59. The van der Waals surface area contributed by atoms with E-state index in [4.69, 9.17) is 13.6 Å². The van der Waals surface area contributed by atoms with E-state index >= 15 is 0 Å². The van der Waals surface area contributed by atoms with Gasteiger partial charge in [0.25, 0.3) is 0 Å². The maximum atomic E-state index is 11.6. The number of nitrogens with zero attached hydrogens (tertiary/aromatic N) is 6. The fourth-order valence-electron chi connectivity index (χ4n) is 3.04. The Morgan fingerprint density at radius 3 is 0.875 bits per heavy atom. The molecule has 40 heavy (non-hydrogen) atoms. The van der Waals surface area contributed by atoms with E-state index in [2.05, 4.69) is 0 Å². The molecule has 22 heteroatoms. The molecule has 0 unspecified atom stereocenters. The average Bonchev–Trinajstić information content (AvgIpc) is 2.87. The zero-order valence-electron chi connectivity index (χ0n) is 19.0. The molecule has 0 aliphatic heterocycles. The van der Waals surface area contributed by atoms with Gasteiger partial charge < -0.3 is 13.6 Å². The van der Waals surface area contributed by atoms with Crippen LogP contribution in [0, 0.1) is 60.7 Å². The highest BCUT2D eigenvalue weighted by molar-refractivity contribution is 7.43. The SMILES string of the molecule is O=[N+]([O-])c1cccc(OP(Oc2cccc([N+](=O)[O-])c2[N+](=O)[O-])Oc2cccc([N+](=O)[O-])c2[N+](=O)[O-])c1[N+](=O)[O-]. The average molecular weight is 580 g/mol. The summed E-state index contributed by atoms with van der Waals surface area (Å²) in [4.78, 5) is 61.6. The molecule has 3 aromatic carbocycles. The summed E-state index contributed by atoms with van der Waals surface area (Å²) in [7, 11) is -3.39. The van der Waals surface area contributed by atoms with Crippen LogP contribution in [0.4, 0.5) is 34.1 Å². The molecule has 0 amide bonds. The van der Waals surface area contributed by atoms with Crippen molar-refractivity contribution in [3.05, 3.63) is 115 Å². The van der Waals surface area contributed by atoms with Gasteiger partial charge >= 0.3 is 42.7 Å². The van der Waals surface area contributed by atoms with Gasteiger partial charge in [0.15, 0.2) is 0 Å². The molecule has 0 aliphatic carbocycles. The summed E-state index contributed by atoms with van der Waals surface area (Å²) in [6.45, 7) is 0. The predicted octanol–water partition coefficient (Wildman–Crippen LogP) is 4.90. The van der Waals surface area contributed by atoms with E-state index in [1.54, 1.807) is 0 Å². The third-order valence-corrected chi connectivity index (χ3v) is 5.63. The molecule has 0 atom stereocenters.